The number of carbonyl (C=O) groups is 1. The summed E-state index contributed by atoms with van der Waals surface area (Å²) in [6.45, 7) is 3.27. The SMILES string of the molecule is COc1cccc(COC(C)C(=O)NCCCN)c1. The lowest BCUT2D eigenvalue weighted by Crippen LogP contribution is -2.35. The van der Waals surface area contributed by atoms with Crippen molar-refractivity contribution in [3.63, 3.8) is 0 Å². The molecule has 0 aliphatic carbocycles. The Balaban J connectivity index is 2.36. The molecule has 3 N–H and O–H groups in total. The first-order valence-corrected chi connectivity index (χ1v) is 6.39. The van der Waals surface area contributed by atoms with Gasteiger partial charge in [0.05, 0.1) is 13.7 Å². The monoisotopic (exact) mass is 266 g/mol. The third-order valence-electron chi connectivity index (χ3n) is 2.68. The van der Waals surface area contributed by atoms with Crippen LogP contribution in [0.2, 0.25) is 0 Å². The van der Waals surface area contributed by atoms with Crippen molar-refractivity contribution in [1.82, 2.24) is 5.32 Å². The van der Waals surface area contributed by atoms with Crippen molar-refractivity contribution in [2.75, 3.05) is 20.2 Å². The van der Waals surface area contributed by atoms with Crippen molar-refractivity contribution < 1.29 is 14.3 Å². The molecule has 5 nitrogen and oxygen atoms in total. The van der Waals surface area contributed by atoms with Crippen LogP contribution in [-0.2, 0) is 16.1 Å². The van der Waals surface area contributed by atoms with Gasteiger partial charge in [0, 0.05) is 6.54 Å². The quantitative estimate of drug-likeness (QED) is 0.690. The minimum atomic E-state index is -0.482. The second-order valence-electron chi connectivity index (χ2n) is 4.24. The van der Waals surface area contributed by atoms with Gasteiger partial charge < -0.3 is 20.5 Å². The molecule has 1 aromatic rings. The van der Waals surface area contributed by atoms with E-state index in [0.717, 1.165) is 17.7 Å². The average Bonchev–Trinajstić information content (AvgIpc) is 2.45. The van der Waals surface area contributed by atoms with Crippen LogP contribution in [0.25, 0.3) is 0 Å². The summed E-state index contributed by atoms with van der Waals surface area (Å²) in [5.41, 5.74) is 6.33. The van der Waals surface area contributed by atoms with Crippen LogP contribution < -0.4 is 15.8 Å². The zero-order chi connectivity index (χ0) is 14.1. The number of hydrogen-bond acceptors (Lipinski definition) is 4. The fraction of sp³-hybridized carbons (Fsp3) is 0.500. The highest BCUT2D eigenvalue weighted by Gasteiger charge is 2.12. The van der Waals surface area contributed by atoms with E-state index in [1.807, 2.05) is 24.3 Å². The molecule has 1 aromatic carbocycles. The minimum Gasteiger partial charge on any atom is -0.497 e. The fourth-order valence-corrected chi connectivity index (χ4v) is 1.52. The fourth-order valence-electron chi connectivity index (χ4n) is 1.52. The summed E-state index contributed by atoms with van der Waals surface area (Å²) in [7, 11) is 1.62. The highest BCUT2D eigenvalue weighted by molar-refractivity contribution is 5.80. The van der Waals surface area contributed by atoms with Gasteiger partial charge in [0.15, 0.2) is 0 Å². The van der Waals surface area contributed by atoms with Crippen molar-refractivity contribution in [2.45, 2.75) is 26.1 Å². The average molecular weight is 266 g/mol. The predicted octanol–water partition coefficient (Wildman–Crippen LogP) is 1.07. The zero-order valence-electron chi connectivity index (χ0n) is 11.5. The molecule has 1 amide bonds. The van der Waals surface area contributed by atoms with Crippen molar-refractivity contribution in [2.24, 2.45) is 5.73 Å². The van der Waals surface area contributed by atoms with E-state index in [1.165, 1.54) is 0 Å². The molecule has 1 unspecified atom stereocenters. The van der Waals surface area contributed by atoms with Gasteiger partial charge in [-0.3, -0.25) is 4.79 Å². The van der Waals surface area contributed by atoms with Crippen LogP contribution in [0.1, 0.15) is 18.9 Å². The van der Waals surface area contributed by atoms with Crippen LogP contribution in [0.5, 0.6) is 5.75 Å². The number of amides is 1. The van der Waals surface area contributed by atoms with Gasteiger partial charge in [0.1, 0.15) is 11.9 Å². The van der Waals surface area contributed by atoms with Gasteiger partial charge in [-0.25, -0.2) is 0 Å². The Hall–Kier alpha value is -1.59. The second kappa shape index (κ2) is 8.50. The van der Waals surface area contributed by atoms with E-state index in [1.54, 1.807) is 14.0 Å². The summed E-state index contributed by atoms with van der Waals surface area (Å²) in [4.78, 5) is 11.7. The Morgan fingerprint density at radius 1 is 1.47 bits per heavy atom. The van der Waals surface area contributed by atoms with Gasteiger partial charge in [-0.05, 0) is 37.6 Å². The number of rotatable bonds is 8. The number of nitrogens with two attached hydrogens (primary N) is 1. The molecule has 0 radical (unpaired) electrons. The molecular weight excluding hydrogens is 244 g/mol. The van der Waals surface area contributed by atoms with Crippen molar-refractivity contribution >= 4 is 5.91 Å². The molecule has 0 fully saturated rings. The molecule has 106 valence electrons. The van der Waals surface area contributed by atoms with Crippen LogP contribution in [0.3, 0.4) is 0 Å². The lowest BCUT2D eigenvalue weighted by molar-refractivity contribution is -0.132. The second-order valence-corrected chi connectivity index (χ2v) is 4.24. The van der Waals surface area contributed by atoms with Gasteiger partial charge in [-0.2, -0.15) is 0 Å². The predicted molar refractivity (Wildman–Crippen MR) is 73.9 cm³/mol. The molecule has 1 rings (SSSR count). The van der Waals surface area contributed by atoms with Crippen molar-refractivity contribution in [3.05, 3.63) is 29.8 Å². The van der Waals surface area contributed by atoms with E-state index in [2.05, 4.69) is 5.32 Å². The molecular formula is C14H22N2O3. The molecule has 0 spiro atoms. The number of carbonyl (C=O) groups excluding carboxylic acids is 1. The topological polar surface area (TPSA) is 73.6 Å². The number of ether oxygens (including phenoxy) is 2. The largest absolute Gasteiger partial charge is 0.497 e. The van der Waals surface area contributed by atoms with Crippen LogP contribution in [-0.4, -0.2) is 32.2 Å². The van der Waals surface area contributed by atoms with Gasteiger partial charge >= 0.3 is 0 Å². The van der Waals surface area contributed by atoms with Crippen molar-refractivity contribution in [3.8, 4) is 5.75 Å². The lowest BCUT2D eigenvalue weighted by atomic mass is 10.2. The normalized spacial score (nSPS) is 11.9. The number of methoxy groups -OCH3 is 1. The standard InChI is InChI=1S/C14H22N2O3/c1-11(14(17)16-8-4-7-15)19-10-12-5-3-6-13(9-12)18-2/h3,5-6,9,11H,4,7-8,10,15H2,1-2H3,(H,16,17). The maximum Gasteiger partial charge on any atom is 0.248 e. The highest BCUT2D eigenvalue weighted by Crippen LogP contribution is 2.13. The van der Waals surface area contributed by atoms with Gasteiger partial charge in [0.25, 0.3) is 0 Å². The smallest absolute Gasteiger partial charge is 0.248 e. The van der Waals surface area contributed by atoms with E-state index in [-0.39, 0.29) is 5.91 Å². The molecule has 0 aliphatic heterocycles. The van der Waals surface area contributed by atoms with Gasteiger partial charge in [-0.15, -0.1) is 0 Å². The number of benzene rings is 1. The maximum absolute atomic E-state index is 11.7. The molecule has 5 heteroatoms. The molecule has 0 aromatic heterocycles. The number of nitrogens with one attached hydrogen (secondary N) is 1. The number of hydrogen-bond donors (Lipinski definition) is 2. The summed E-state index contributed by atoms with van der Waals surface area (Å²) >= 11 is 0. The first kappa shape index (κ1) is 15.5. The summed E-state index contributed by atoms with van der Waals surface area (Å²) < 4.78 is 10.6. The Morgan fingerprint density at radius 3 is 2.95 bits per heavy atom. The molecule has 0 saturated carbocycles. The zero-order valence-corrected chi connectivity index (χ0v) is 11.5. The van der Waals surface area contributed by atoms with Crippen LogP contribution in [0, 0.1) is 0 Å². The molecule has 0 heterocycles. The summed E-state index contributed by atoms with van der Waals surface area (Å²) in [6, 6.07) is 7.58. The third kappa shape index (κ3) is 5.72. The summed E-state index contributed by atoms with van der Waals surface area (Å²) in [6.07, 6.45) is 0.290. The van der Waals surface area contributed by atoms with Crippen molar-refractivity contribution in [1.29, 1.82) is 0 Å². The van der Waals surface area contributed by atoms with Crippen LogP contribution >= 0.6 is 0 Å². The molecule has 0 saturated heterocycles. The van der Waals surface area contributed by atoms with E-state index in [4.69, 9.17) is 15.2 Å². The lowest BCUT2D eigenvalue weighted by Gasteiger charge is -2.13. The van der Waals surface area contributed by atoms with E-state index in [0.29, 0.717) is 19.7 Å². The maximum atomic E-state index is 11.7. The first-order valence-electron chi connectivity index (χ1n) is 6.39. The molecule has 19 heavy (non-hydrogen) atoms. The van der Waals surface area contributed by atoms with E-state index in [9.17, 15) is 4.79 Å². The van der Waals surface area contributed by atoms with Gasteiger partial charge in [-0.1, -0.05) is 12.1 Å². The van der Waals surface area contributed by atoms with E-state index < -0.39 is 6.10 Å². The van der Waals surface area contributed by atoms with Crippen LogP contribution in [0.15, 0.2) is 24.3 Å². The summed E-state index contributed by atoms with van der Waals surface area (Å²) in [5, 5.41) is 2.77. The Bertz CT molecular complexity index is 396. The van der Waals surface area contributed by atoms with Crippen LogP contribution in [0.4, 0.5) is 0 Å². The third-order valence-corrected chi connectivity index (χ3v) is 2.68. The Labute approximate surface area is 114 Å². The highest BCUT2D eigenvalue weighted by atomic mass is 16.5. The first-order chi connectivity index (χ1) is 9.17. The Kier molecular flexibility index (Phi) is 6.92. The molecule has 0 bridgehead atoms. The summed E-state index contributed by atoms with van der Waals surface area (Å²) in [5.74, 6) is 0.664. The molecule has 0 aliphatic rings. The van der Waals surface area contributed by atoms with Gasteiger partial charge in [0.2, 0.25) is 5.91 Å². The molecule has 1 atom stereocenters. The van der Waals surface area contributed by atoms with E-state index >= 15 is 0 Å². The minimum absolute atomic E-state index is 0.114. The Morgan fingerprint density at radius 2 is 2.26 bits per heavy atom.